The molecule has 2 heterocycles. The van der Waals surface area contributed by atoms with Crippen molar-refractivity contribution in [1.29, 1.82) is 0 Å². The van der Waals surface area contributed by atoms with Gasteiger partial charge in [-0.05, 0) is 17.7 Å². The van der Waals surface area contributed by atoms with E-state index in [0.717, 1.165) is 5.56 Å². The number of phenols is 1. The number of nitrogens with zero attached hydrogens (tertiary/aromatic N) is 1. The Kier molecular flexibility index (Phi) is 2.84. The highest BCUT2D eigenvalue weighted by Crippen LogP contribution is 2.43. The van der Waals surface area contributed by atoms with Crippen LogP contribution < -0.4 is 0 Å². The minimum Gasteiger partial charge on any atom is -0.505 e. The lowest BCUT2D eigenvalue weighted by atomic mass is 10.1. The molecule has 102 valence electrons. The molecule has 0 saturated heterocycles. The third kappa shape index (κ3) is 1.64. The zero-order valence-corrected chi connectivity index (χ0v) is 10.5. The van der Waals surface area contributed by atoms with Gasteiger partial charge in [0, 0.05) is 5.56 Å². The van der Waals surface area contributed by atoms with Crippen LogP contribution in [0.5, 0.6) is 5.75 Å². The van der Waals surface area contributed by atoms with E-state index < -0.39 is 18.6 Å². The number of aliphatic carboxylic acids is 1. The number of hydrogen-bond donors (Lipinski definition) is 3. The first-order valence-electron chi connectivity index (χ1n) is 6.19. The predicted octanol–water partition coefficient (Wildman–Crippen LogP) is 2.07. The lowest BCUT2D eigenvalue weighted by Crippen LogP contribution is -2.21. The molecule has 20 heavy (non-hydrogen) atoms. The molecule has 3 rings (SSSR count). The van der Waals surface area contributed by atoms with Gasteiger partial charge in [-0.25, -0.2) is 4.79 Å². The molecule has 2 aromatic heterocycles. The van der Waals surface area contributed by atoms with Crippen molar-refractivity contribution in [3.8, 4) is 16.9 Å². The summed E-state index contributed by atoms with van der Waals surface area (Å²) in [5.74, 6) is -1.08. The van der Waals surface area contributed by atoms with Crippen molar-refractivity contribution >= 4 is 17.0 Å². The molecule has 0 aliphatic heterocycles. The Labute approximate surface area is 114 Å². The van der Waals surface area contributed by atoms with E-state index in [1.165, 1.54) is 4.57 Å². The Bertz CT molecular complexity index is 748. The topological polar surface area (TPSA) is 82.7 Å². The fourth-order valence-electron chi connectivity index (χ4n) is 2.59. The van der Waals surface area contributed by atoms with Crippen LogP contribution in [0.1, 0.15) is 6.04 Å². The largest absolute Gasteiger partial charge is 0.505 e. The predicted molar refractivity (Wildman–Crippen MR) is 74.0 cm³/mol. The lowest BCUT2D eigenvalue weighted by molar-refractivity contribution is -0.141. The van der Waals surface area contributed by atoms with Crippen LogP contribution in [0.25, 0.3) is 22.2 Å². The summed E-state index contributed by atoms with van der Waals surface area (Å²) in [6, 6.07) is 11.6. The van der Waals surface area contributed by atoms with E-state index in [1.54, 1.807) is 12.1 Å². The number of carbonyl (C=O) groups is 1. The van der Waals surface area contributed by atoms with Crippen molar-refractivity contribution < 1.29 is 20.1 Å². The zero-order chi connectivity index (χ0) is 14.3. The van der Waals surface area contributed by atoms with Gasteiger partial charge in [0.25, 0.3) is 0 Å². The zero-order valence-electron chi connectivity index (χ0n) is 10.5. The highest BCUT2D eigenvalue weighted by molar-refractivity contribution is 5.98. The van der Waals surface area contributed by atoms with Gasteiger partial charge in [0.15, 0.2) is 6.04 Å². The maximum Gasteiger partial charge on any atom is 0.329 e. The number of aromatic hydroxyl groups is 1. The highest BCUT2D eigenvalue weighted by Gasteiger charge is 2.28. The first-order chi connectivity index (χ1) is 9.65. The van der Waals surface area contributed by atoms with Gasteiger partial charge in [0.2, 0.25) is 0 Å². The number of rotatable bonds is 4. The maximum absolute atomic E-state index is 11.2. The summed E-state index contributed by atoms with van der Waals surface area (Å²) >= 11 is 0. The monoisotopic (exact) mass is 271 g/mol. The molecule has 0 aliphatic carbocycles. The van der Waals surface area contributed by atoms with Gasteiger partial charge in [0.1, 0.15) is 5.75 Å². The molecule has 0 fully saturated rings. The number of phenolic OH excluding ortho intramolecular Hbond substituents is 1. The Balaban J connectivity index is 2.24. The summed E-state index contributed by atoms with van der Waals surface area (Å²) < 4.78 is 1.46. The van der Waals surface area contributed by atoms with E-state index in [4.69, 9.17) is 0 Å². The number of aliphatic hydroxyl groups excluding tert-OH is 1. The van der Waals surface area contributed by atoms with Crippen molar-refractivity contribution in [1.82, 2.24) is 4.57 Å². The van der Waals surface area contributed by atoms with Crippen molar-refractivity contribution in [2.75, 3.05) is 6.61 Å². The first-order valence-corrected chi connectivity index (χ1v) is 6.19. The highest BCUT2D eigenvalue weighted by atomic mass is 16.4. The quantitative estimate of drug-likeness (QED) is 0.678. The summed E-state index contributed by atoms with van der Waals surface area (Å²) in [6.45, 7) is -0.528. The third-order valence-corrected chi connectivity index (χ3v) is 3.49. The number of hydrogen-bond acceptors (Lipinski definition) is 3. The smallest absolute Gasteiger partial charge is 0.329 e. The van der Waals surface area contributed by atoms with Gasteiger partial charge < -0.3 is 19.9 Å². The standard InChI is InChI=1S/C15H13NO4/c17-8-12(15(19)20)16-10-6-7-11(16)14(18)13(10)9-4-2-1-3-5-9/h1-7,12,17-18H,8H2,(H,19,20)/t12-/m1/s1. The van der Waals surface area contributed by atoms with E-state index in [9.17, 15) is 20.1 Å². The fraction of sp³-hybridized carbons (Fsp3) is 0.133. The van der Waals surface area contributed by atoms with E-state index in [1.807, 2.05) is 30.3 Å². The Hall–Kier alpha value is -2.53. The van der Waals surface area contributed by atoms with Crippen molar-refractivity contribution in [3.63, 3.8) is 0 Å². The maximum atomic E-state index is 11.2. The van der Waals surface area contributed by atoms with Crippen LogP contribution in [-0.2, 0) is 4.79 Å². The van der Waals surface area contributed by atoms with Crippen LogP contribution in [0.15, 0.2) is 42.5 Å². The SMILES string of the molecule is O=C(O)[C@@H](CO)n1c2ccc1c(-c1ccccc1)c2O. The van der Waals surface area contributed by atoms with Crippen molar-refractivity contribution in [3.05, 3.63) is 42.5 Å². The molecule has 0 radical (unpaired) electrons. The van der Waals surface area contributed by atoms with Crippen LogP contribution >= 0.6 is 0 Å². The summed E-state index contributed by atoms with van der Waals surface area (Å²) in [4.78, 5) is 11.2. The summed E-state index contributed by atoms with van der Waals surface area (Å²) in [7, 11) is 0. The van der Waals surface area contributed by atoms with Gasteiger partial charge in [-0.3, -0.25) is 0 Å². The van der Waals surface area contributed by atoms with Crippen molar-refractivity contribution in [2.24, 2.45) is 0 Å². The van der Waals surface area contributed by atoms with Crippen LogP contribution in [0.2, 0.25) is 0 Å². The number of benzene rings is 2. The molecule has 0 aliphatic rings. The average molecular weight is 271 g/mol. The number of aliphatic hydroxyl groups is 1. The molecule has 1 atom stereocenters. The molecule has 0 amide bonds. The minimum atomic E-state index is -1.13. The molecule has 0 spiro atoms. The molecule has 3 N–H and O–H groups in total. The second-order valence-electron chi connectivity index (χ2n) is 4.60. The normalized spacial score (nSPS) is 12.8. The van der Waals surface area contributed by atoms with Gasteiger partial charge >= 0.3 is 5.97 Å². The molecule has 0 saturated carbocycles. The van der Waals surface area contributed by atoms with Gasteiger partial charge in [0.05, 0.1) is 17.6 Å². The number of carboxylic acids is 1. The van der Waals surface area contributed by atoms with Crippen LogP contribution in [-0.4, -0.2) is 32.5 Å². The average Bonchev–Trinajstić information content (AvgIpc) is 2.96. The van der Waals surface area contributed by atoms with E-state index in [-0.39, 0.29) is 5.75 Å². The fourth-order valence-corrected chi connectivity index (χ4v) is 2.59. The second kappa shape index (κ2) is 4.54. The summed E-state index contributed by atoms with van der Waals surface area (Å²) in [6.07, 6.45) is 0. The van der Waals surface area contributed by atoms with Gasteiger partial charge in [-0.1, -0.05) is 30.3 Å². The molecule has 1 aromatic carbocycles. The van der Waals surface area contributed by atoms with Crippen LogP contribution in [0, 0.1) is 0 Å². The molecule has 0 unspecified atom stereocenters. The Morgan fingerprint density at radius 1 is 1.10 bits per heavy atom. The number of carboxylic acid groups (broad SMARTS) is 1. The molecular formula is C15H13NO4. The summed E-state index contributed by atoms with van der Waals surface area (Å²) in [5.41, 5.74) is 2.43. The molecular weight excluding hydrogens is 258 g/mol. The van der Waals surface area contributed by atoms with Crippen molar-refractivity contribution in [2.45, 2.75) is 6.04 Å². The first kappa shape index (κ1) is 12.5. The summed E-state index contributed by atoms with van der Waals surface area (Å²) in [5, 5.41) is 28.8. The van der Waals surface area contributed by atoms with E-state index in [0.29, 0.717) is 16.6 Å². The van der Waals surface area contributed by atoms with Crippen LogP contribution in [0.3, 0.4) is 0 Å². The van der Waals surface area contributed by atoms with E-state index in [2.05, 4.69) is 0 Å². The van der Waals surface area contributed by atoms with Crippen LogP contribution in [0.4, 0.5) is 0 Å². The molecule has 5 heteroatoms. The minimum absolute atomic E-state index is 0.0494. The van der Waals surface area contributed by atoms with Gasteiger partial charge in [-0.15, -0.1) is 0 Å². The molecule has 5 nitrogen and oxygen atoms in total. The Morgan fingerprint density at radius 3 is 2.35 bits per heavy atom. The second-order valence-corrected chi connectivity index (χ2v) is 4.60. The molecule has 2 bridgehead atoms. The lowest BCUT2D eigenvalue weighted by Gasteiger charge is -2.11. The molecule has 3 aromatic rings. The number of fused-ring (bicyclic) bond motifs is 2. The Morgan fingerprint density at radius 2 is 1.75 bits per heavy atom. The third-order valence-electron chi connectivity index (χ3n) is 3.49. The number of aromatic nitrogens is 1. The van der Waals surface area contributed by atoms with Gasteiger partial charge in [-0.2, -0.15) is 0 Å². The van der Waals surface area contributed by atoms with E-state index >= 15 is 0 Å².